The van der Waals surface area contributed by atoms with E-state index in [9.17, 15) is 0 Å². The van der Waals surface area contributed by atoms with Crippen molar-refractivity contribution >= 4 is 23.4 Å². The summed E-state index contributed by atoms with van der Waals surface area (Å²) in [5, 5.41) is 18.8. The van der Waals surface area contributed by atoms with Gasteiger partial charge < -0.3 is 0 Å². The molecule has 0 saturated heterocycles. The van der Waals surface area contributed by atoms with Crippen LogP contribution in [0.25, 0.3) is 17.1 Å². The van der Waals surface area contributed by atoms with Crippen molar-refractivity contribution in [2.75, 3.05) is 5.75 Å². The minimum atomic E-state index is 0.541. The third-order valence-corrected chi connectivity index (χ3v) is 4.59. The van der Waals surface area contributed by atoms with Crippen LogP contribution < -0.4 is 0 Å². The van der Waals surface area contributed by atoms with Gasteiger partial charge in [-0.15, -0.1) is 10.2 Å². The maximum atomic E-state index is 8.66. The fourth-order valence-corrected chi connectivity index (χ4v) is 3.21. The van der Waals surface area contributed by atoms with E-state index in [1.54, 1.807) is 24.2 Å². The first-order valence-electron chi connectivity index (χ1n) is 7.41. The molecule has 2 aromatic heterocycles. The van der Waals surface area contributed by atoms with Gasteiger partial charge in [0.05, 0.1) is 6.07 Å². The van der Waals surface area contributed by atoms with Gasteiger partial charge in [-0.25, -0.2) is 0 Å². The van der Waals surface area contributed by atoms with Crippen molar-refractivity contribution in [3.8, 4) is 23.1 Å². The Bertz CT molecular complexity index is 840. The Balaban J connectivity index is 1.99. The second kappa shape index (κ2) is 7.95. The summed E-state index contributed by atoms with van der Waals surface area (Å²) < 4.78 is 2.00. The molecular formula is C17H14ClN5S. The molecule has 0 spiro atoms. The van der Waals surface area contributed by atoms with Crippen LogP contribution in [-0.2, 0) is 0 Å². The predicted molar refractivity (Wildman–Crippen MR) is 95.2 cm³/mol. The van der Waals surface area contributed by atoms with Crippen molar-refractivity contribution in [2.45, 2.75) is 18.0 Å². The summed E-state index contributed by atoms with van der Waals surface area (Å²) in [5.74, 6) is 1.57. The van der Waals surface area contributed by atoms with Gasteiger partial charge in [0.1, 0.15) is 0 Å². The van der Waals surface area contributed by atoms with Gasteiger partial charge in [0.25, 0.3) is 0 Å². The maximum absolute atomic E-state index is 8.66. The van der Waals surface area contributed by atoms with Gasteiger partial charge in [0.2, 0.25) is 0 Å². The van der Waals surface area contributed by atoms with Crippen LogP contribution in [-0.4, -0.2) is 25.5 Å². The molecule has 0 N–H and O–H groups in total. The molecule has 7 heteroatoms. The number of nitrogens with zero attached hydrogens (tertiary/aromatic N) is 5. The molecule has 120 valence electrons. The molecule has 0 amide bonds. The number of aromatic nitrogens is 4. The van der Waals surface area contributed by atoms with Crippen LogP contribution in [0.4, 0.5) is 0 Å². The van der Waals surface area contributed by atoms with Gasteiger partial charge in [-0.2, -0.15) is 5.26 Å². The molecule has 0 radical (unpaired) electrons. The monoisotopic (exact) mass is 355 g/mol. The molecule has 0 aliphatic heterocycles. The first-order chi connectivity index (χ1) is 11.8. The Hall–Kier alpha value is -2.36. The number of hydrogen-bond donors (Lipinski definition) is 0. The van der Waals surface area contributed by atoms with Gasteiger partial charge >= 0.3 is 0 Å². The third-order valence-electron chi connectivity index (χ3n) is 3.32. The fourth-order valence-electron chi connectivity index (χ4n) is 2.19. The van der Waals surface area contributed by atoms with E-state index in [2.05, 4.69) is 21.3 Å². The SMILES string of the molecule is N#CCCCSc1nnc(-c2ccncc2)n1-c1ccc(Cl)cc1. The van der Waals surface area contributed by atoms with Gasteiger partial charge in [0, 0.05) is 40.8 Å². The van der Waals surface area contributed by atoms with E-state index < -0.39 is 0 Å². The molecule has 0 unspecified atom stereocenters. The molecule has 0 bridgehead atoms. The van der Waals surface area contributed by atoms with Crippen LogP contribution in [0.3, 0.4) is 0 Å². The van der Waals surface area contributed by atoms with Gasteiger partial charge in [-0.3, -0.25) is 9.55 Å². The molecular weight excluding hydrogens is 342 g/mol. The van der Waals surface area contributed by atoms with E-state index in [0.717, 1.165) is 34.4 Å². The molecule has 2 heterocycles. The Morgan fingerprint density at radius 3 is 2.54 bits per heavy atom. The summed E-state index contributed by atoms with van der Waals surface area (Å²) in [5.41, 5.74) is 1.88. The van der Waals surface area contributed by atoms with Gasteiger partial charge in [-0.1, -0.05) is 23.4 Å². The summed E-state index contributed by atoms with van der Waals surface area (Å²) in [6.45, 7) is 0. The summed E-state index contributed by atoms with van der Waals surface area (Å²) >= 11 is 7.59. The molecule has 0 saturated carbocycles. The summed E-state index contributed by atoms with van der Waals surface area (Å²) in [6.07, 6.45) is 4.82. The number of halogens is 1. The lowest BCUT2D eigenvalue weighted by Gasteiger charge is -2.10. The number of pyridine rings is 1. The molecule has 3 aromatic rings. The van der Waals surface area contributed by atoms with Crippen molar-refractivity contribution in [1.82, 2.24) is 19.7 Å². The first-order valence-corrected chi connectivity index (χ1v) is 8.77. The number of nitriles is 1. The summed E-state index contributed by atoms with van der Waals surface area (Å²) in [6, 6.07) is 13.5. The lowest BCUT2D eigenvalue weighted by atomic mass is 10.2. The molecule has 0 fully saturated rings. The smallest absolute Gasteiger partial charge is 0.196 e. The van der Waals surface area contributed by atoms with Crippen molar-refractivity contribution in [1.29, 1.82) is 5.26 Å². The minimum absolute atomic E-state index is 0.541. The Morgan fingerprint density at radius 1 is 1.08 bits per heavy atom. The highest BCUT2D eigenvalue weighted by Crippen LogP contribution is 2.28. The highest BCUT2D eigenvalue weighted by atomic mass is 35.5. The molecule has 5 nitrogen and oxygen atoms in total. The van der Waals surface area contributed by atoms with Crippen molar-refractivity contribution in [2.24, 2.45) is 0 Å². The van der Waals surface area contributed by atoms with E-state index in [-0.39, 0.29) is 0 Å². The van der Waals surface area contributed by atoms with Gasteiger partial charge in [-0.05, 0) is 42.8 Å². The lowest BCUT2D eigenvalue weighted by Crippen LogP contribution is -2.00. The van der Waals surface area contributed by atoms with E-state index in [0.29, 0.717) is 11.4 Å². The van der Waals surface area contributed by atoms with Crippen molar-refractivity contribution in [3.63, 3.8) is 0 Å². The maximum Gasteiger partial charge on any atom is 0.196 e. The van der Waals surface area contributed by atoms with Gasteiger partial charge in [0.15, 0.2) is 11.0 Å². The third kappa shape index (κ3) is 3.75. The van der Waals surface area contributed by atoms with E-state index >= 15 is 0 Å². The number of thioether (sulfide) groups is 1. The van der Waals surface area contributed by atoms with Crippen molar-refractivity contribution < 1.29 is 0 Å². The van der Waals surface area contributed by atoms with E-state index in [4.69, 9.17) is 16.9 Å². The normalized spacial score (nSPS) is 10.5. The van der Waals surface area contributed by atoms with E-state index in [1.807, 2.05) is 41.0 Å². The van der Waals surface area contributed by atoms with Crippen LogP contribution in [0.5, 0.6) is 0 Å². The summed E-state index contributed by atoms with van der Waals surface area (Å²) in [4.78, 5) is 4.05. The van der Waals surface area contributed by atoms with Crippen LogP contribution in [0.1, 0.15) is 12.8 Å². The molecule has 0 atom stereocenters. The average Bonchev–Trinajstić information content (AvgIpc) is 3.04. The Morgan fingerprint density at radius 2 is 1.83 bits per heavy atom. The largest absolute Gasteiger partial charge is 0.270 e. The highest BCUT2D eigenvalue weighted by Gasteiger charge is 2.15. The summed E-state index contributed by atoms with van der Waals surface area (Å²) in [7, 11) is 0. The van der Waals surface area contributed by atoms with E-state index in [1.165, 1.54) is 0 Å². The Labute approximate surface area is 149 Å². The topological polar surface area (TPSA) is 67.4 Å². The minimum Gasteiger partial charge on any atom is -0.270 e. The molecule has 0 aliphatic rings. The zero-order chi connectivity index (χ0) is 16.8. The zero-order valence-corrected chi connectivity index (χ0v) is 14.3. The number of unbranched alkanes of at least 4 members (excludes halogenated alkanes) is 1. The number of rotatable bonds is 6. The van der Waals surface area contributed by atoms with Crippen LogP contribution in [0.2, 0.25) is 5.02 Å². The average molecular weight is 356 g/mol. The highest BCUT2D eigenvalue weighted by molar-refractivity contribution is 7.99. The molecule has 1 aromatic carbocycles. The fraction of sp³-hybridized carbons (Fsp3) is 0.176. The predicted octanol–water partition coefficient (Wildman–Crippen LogP) is 4.38. The first kappa shape index (κ1) is 16.5. The molecule has 0 aliphatic carbocycles. The molecule has 3 rings (SSSR count). The second-order valence-corrected chi connectivity index (χ2v) is 6.46. The number of hydrogen-bond acceptors (Lipinski definition) is 5. The van der Waals surface area contributed by atoms with Crippen molar-refractivity contribution in [3.05, 3.63) is 53.8 Å². The zero-order valence-electron chi connectivity index (χ0n) is 12.8. The second-order valence-electron chi connectivity index (χ2n) is 4.96. The number of benzene rings is 1. The van der Waals surface area contributed by atoms with Crippen LogP contribution in [0, 0.1) is 11.3 Å². The lowest BCUT2D eigenvalue weighted by molar-refractivity contribution is 0.880. The van der Waals surface area contributed by atoms with Crippen LogP contribution in [0.15, 0.2) is 53.9 Å². The Kier molecular flexibility index (Phi) is 5.47. The standard InChI is InChI=1S/C17H14ClN5S/c18-14-3-5-15(6-4-14)23-16(13-7-10-20-11-8-13)21-22-17(23)24-12-2-1-9-19/h3-8,10-11H,1-2,12H2. The quantitative estimate of drug-likeness (QED) is 0.485. The molecule has 24 heavy (non-hydrogen) atoms. The van der Waals surface area contributed by atoms with Crippen LogP contribution >= 0.6 is 23.4 Å².